The number of hydrogen-bond donors (Lipinski definition) is 0. The highest BCUT2D eigenvalue weighted by Gasteiger charge is 2.33. The number of esters is 3. The van der Waals surface area contributed by atoms with Crippen molar-refractivity contribution in [2.75, 3.05) is 6.61 Å². The lowest BCUT2D eigenvalue weighted by Crippen LogP contribution is -2.36. The van der Waals surface area contributed by atoms with E-state index in [1.54, 1.807) is 42.5 Å². The lowest BCUT2D eigenvalue weighted by atomic mass is 9.75. The van der Waals surface area contributed by atoms with Crippen LogP contribution in [0.15, 0.2) is 72.8 Å². The summed E-state index contributed by atoms with van der Waals surface area (Å²) in [4.78, 5) is 37.6. The summed E-state index contributed by atoms with van der Waals surface area (Å²) in [5, 5.41) is 0. The Labute approximate surface area is 267 Å². The summed E-state index contributed by atoms with van der Waals surface area (Å²) in [6, 6.07) is 21.3. The molecule has 3 atom stereocenters. The van der Waals surface area contributed by atoms with Gasteiger partial charge in [-0.2, -0.15) is 0 Å². The first-order valence-corrected chi connectivity index (χ1v) is 16.3. The van der Waals surface area contributed by atoms with E-state index in [0.29, 0.717) is 47.2 Å². The third-order valence-electron chi connectivity index (χ3n) is 8.35. The molecule has 3 aromatic rings. The normalized spacial score (nSPS) is 17.8. The Bertz CT molecular complexity index is 1390. The van der Waals surface area contributed by atoms with Crippen LogP contribution in [0.25, 0.3) is 11.1 Å². The third-order valence-corrected chi connectivity index (χ3v) is 8.35. The molecule has 0 saturated heterocycles. The minimum Gasteiger partial charge on any atom is -0.494 e. The molecule has 1 aliphatic rings. The van der Waals surface area contributed by atoms with Crippen molar-refractivity contribution in [3.8, 4) is 28.4 Å². The van der Waals surface area contributed by atoms with Gasteiger partial charge in [0.2, 0.25) is 0 Å². The van der Waals surface area contributed by atoms with Crippen LogP contribution < -0.4 is 14.2 Å². The maximum atomic E-state index is 12.7. The van der Waals surface area contributed by atoms with Gasteiger partial charge >= 0.3 is 17.9 Å². The van der Waals surface area contributed by atoms with E-state index < -0.39 is 11.9 Å². The summed E-state index contributed by atoms with van der Waals surface area (Å²) in [5.41, 5.74) is 2.24. The first kappa shape index (κ1) is 33.8. The van der Waals surface area contributed by atoms with Gasteiger partial charge in [0.1, 0.15) is 23.4 Å². The molecule has 0 spiro atoms. The fourth-order valence-electron chi connectivity index (χ4n) is 5.72. The van der Waals surface area contributed by atoms with Crippen molar-refractivity contribution in [1.82, 2.24) is 0 Å². The molecule has 240 valence electrons. The standard InChI is InChI=1S/C38H46O7/c1-5-6-7-23-42-33-10-8-9-30(25-33)38(41)44-32-18-14-29(15-19-32)28-12-16-31(17-13-28)43-36(39)21-22-37(40)45-35-24-27(4)11-20-34(35)26(2)3/h8-10,12-19,25-27,34-35H,5-7,11,20-24H2,1-4H3. The van der Waals surface area contributed by atoms with Gasteiger partial charge in [-0.05, 0) is 90.6 Å². The maximum Gasteiger partial charge on any atom is 0.343 e. The predicted molar refractivity (Wildman–Crippen MR) is 174 cm³/mol. The van der Waals surface area contributed by atoms with Crippen LogP contribution in [-0.2, 0) is 14.3 Å². The molecule has 3 aromatic carbocycles. The highest BCUT2D eigenvalue weighted by Crippen LogP contribution is 2.35. The van der Waals surface area contributed by atoms with Gasteiger partial charge in [0.05, 0.1) is 25.0 Å². The zero-order chi connectivity index (χ0) is 32.2. The van der Waals surface area contributed by atoms with Crippen LogP contribution in [0.1, 0.15) is 89.4 Å². The van der Waals surface area contributed by atoms with Crippen molar-refractivity contribution >= 4 is 17.9 Å². The summed E-state index contributed by atoms with van der Waals surface area (Å²) in [5.74, 6) is 1.56. The zero-order valence-electron chi connectivity index (χ0n) is 27.0. The summed E-state index contributed by atoms with van der Waals surface area (Å²) in [7, 11) is 0. The Morgan fingerprint density at radius 1 is 0.778 bits per heavy atom. The van der Waals surface area contributed by atoms with Crippen LogP contribution in [0.4, 0.5) is 0 Å². The summed E-state index contributed by atoms with van der Waals surface area (Å²) in [6.07, 6.45) is 6.19. The molecule has 1 fully saturated rings. The number of rotatable bonds is 14. The van der Waals surface area contributed by atoms with Crippen LogP contribution >= 0.6 is 0 Å². The number of ether oxygens (including phenoxy) is 4. The molecule has 0 heterocycles. The third kappa shape index (κ3) is 10.5. The van der Waals surface area contributed by atoms with E-state index in [1.807, 2.05) is 30.3 Å². The van der Waals surface area contributed by atoms with Crippen molar-refractivity contribution < 1.29 is 33.3 Å². The van der Waals surface area contributed by atoms with E-state index in [4.69, 9.17) is 18.9 Å². The zero-order valence-corrected chi connectivity index (χ0v) is 27.0. The molecule has 45 heavy (non-hydrogen) atoms. The van der Waals surface area contributed by atoms with Gasteiger partial charge < -0.3 is 18.9 Å². The van der Waals surface area contributed by atoms with Gasteiger partial charge in [0.25, 0.3) is 0 Å². The second-order valence-electron chi connectivity index (χ2n) is 12.4. The predicted octanol–water partition coefficient (Wildman–Crippen LogP) is 8.83. The fourth-order valence-corrected chi connectivity index (χ4v) is 5.72. The Balaban J connectivity index is 1.23. The van der Waals surface area contributed by atoms with E-state index in [0.717, 1.165) is 49.7 Å². The average molecular weight is 615 g/mol. The van der Waals surface area contributed by atoms with Gasteiger partial charge in [0, 0.05) is 0 Å². The van der Waals surface area contributed by atoms with Crippen molar-refractivity contribution in [2.24, 2.45) is 17.8 Å². The largest absolute Gasteiger partial charge is 0.494 e. The molecule has 0 amide bonds. The van der Waals surface area contributed by atoms with Gasteiger partial charge in [0.15, 0.2) is 0 Å². The minimum absolute atomic E-state index is 0.00178. The van der Waals surface area contributed by atoms with Crippen molar-refractivity contribution in [2.45, 2.75) is 85.2 Å². The summed E-state index contributed by atoms with van der Waals surface area (Å²) >= 11 is 0. The van der Waals surface area contributed by atoms with Crippen LogP contribution in [0.3, 0.4) is 0 Å². The van der Waals surface area contributed by atoms with E-state index in [2.05, 4.69) is 27.7 Å². The Hall–Kier alpha value is -4.13. The maximum absolute atomic E-state index is 12.7. The second-order valence-corrected chi connectivity index (χ2v) is 12.4. The molecular formula is C38H46O7. The molecule has 1 aliphatic carbocycles. The molecule has 3 unspecified atom stereocenters. The Kier molecular flexibility index (Phi) is 12.6. The number of carbonyl (C=O) groups is 3. The summed E-state index contributed by atoms with van der Waals surface area (Å²) in [6.45, 7) is 9.29. The quantitative estimate of drug-likeness (QED) is 0.102. The number of benzene rings is 3. The molecule has 0 aromatic heterocycles. The molecule has 7 nitrogen and oxygen atoms in total. The number of hydrogen-bond acceptors (Lipinski definition) is 7. The number of carbonyl (C=O) groups excluding carboxylic acids is 3. The topological polar surface area (TPSA) is 88.1 Å². The molecule has 7 heteroatoms. The smallest absolute Gasteiger partial charge is 0.343 e. The van der Waals surface area contributed by atoms with E-state index in [9.17, 15) is 14.4 Å². The van der Waals surface area contributed by atoms with Crippen LogP contribution in [-0.4, -0.2) is 30.6 Å². The molecular weight excluding hydrogens is 568 g/mol. The van der Waals surface area contributed by atoms with E-state index in [1.165, 1.54) is 0 Å². The van der Waals surface area contributed by atoms with E-state index in [-0.39, 0.29) is 24.9 Å². The Morgan fingerprint density at radius 3 is 2.07 bits per heavy atom. The molecule has 0 N–H and O–H groups in total. The SMILES string of the molecule is CCCCCOc1cccc(C(=O)Oc2ccc(-c3ccc(OC(=O)CCC(=O)OC4CC(C)CCC4C(C)C)cc3)cc2)c1. The second kappa shape index (κ2) is 16.8. The summed E-state index contributed by atoms with van der Waals surface area (Å²) < 4.78 is 22.6. The molecule has 4 rings (SSSR count). The molecule has 0 radical (unpaired) electrons. The first-order chi connectivity index (χ1) is 21.7. The minimum atomic E-state index is -0.475. The monoisotopic (exact) mass is 614 g/mol. The van der Waals surface area contributed by atoms with Crippen molar-refractivity contribution in [1.29, 1.82) is 0 Å². The van der Waals surface area contributed by atoms with Gasteiger partial charge in [-0.15, -0.1) is 0 Å². The molecule has 0 bridgehead atoms. The highest BCUT2D eigenvalue weighted by atomic mass is 16.5. The molecule has 0 aliphatic heterocycles. The molecule has 1 saturated carbocycles. The average Bonchev–Trinajstić information content (AvgIpc) is 3.03. The van der Waals surface area contributed by atoms with Crippen LogP contribution in [0, 0.1) is 17.8 Å². The van der Waals surface area contributed by atoms with Crippen molar-refractivity contribution in [3.05, 3.63) is 78.4 Å². The fraction of sp³-hybridized carbons (Fsp3) is 0.447. The number of unbranched alkanes of at least 4 members (excludes halogenated alkanes) is 2. The van der Waals surface area contributed by atoms with Gasteiger partial charge in [-0.25, -0.2) is 4.79 Å². The first-order valence-electron chi connectivity index (χ1n) is 16.3. The van der Waals surface area contributed by atoms with Crippen LogP contribution in [0.2, 0.25) is 0 Å². The van der Waals surface area contributed by atoms with E-state index >= 15 is 0 Å². The Morgan fingerprint density at radius 2 is 1.42 bits per heavy atom. The van der Waals surface area contributed by atoms with Crippen molar-refractivity contribution in [3.63, 3.8) is 0 Å². The lowest BCUT2D eigenvalue weighted by molar-refractivity contribution is -0.157. The van der Waals surface area contributed by atoms with Crippen LogP contribution in [0.5, 0.6) is 17.2 Å². The lowest BCUT2D eigenvalue weighted by Gasteiger charge is -2.36. The van der Waals surface area contributed by atoms with Gasteiger partial charge in [-0.3, -0.25) is 9.59 Å². The van der Waals surface area contributed by atoms with Gasteiger partial charge in [-0.1, -0.05) is 77.3 Å². The highest BCUT2D eigenvalue weighted by molar-refractivity contribution is 5.91.